The second-order valence-electron chi connectivity index (χ2n) is 4.05. The molecule has 0 aliphatic heterocycles. The Labute approximate surface area is 102 Å². The minimum atomic E-state index is -0.256. The summed E-state index contributed by atoms with van der Waals surface area (Å²) in [6, 6.07) is 4.77. The van der Waals surface area contributed by atoms with Gasteiger partial charge in [-0.3, -0.25) is 0 Å². The number of hydrogen-bond acceptors (Lipinski definition) is 3. The van der Waals surface area contributed by atoms with Gasteiger partial charge in [-0.15, -0.1) is 0 Å². The topological polar surface area (TPSA) is 30.5 Å². The highest BCUT2D eigenvalue weighted by atomic mass is 19.1. The zero-order valence-corrected chi connectivity index (χ0v) is 10.8. The normalized spacial score (nSPS) is 14.4. The molecule has 0 heterocycles. The van der Waals surface area contributed by atoms with Gasteiger partial charge in [-0.2, -0.15) is 0 Å². The van der Waals surface area contributed by atoms with Crippen LogP contribution in [0.1, 0.15) is 25.5 Å². The van der Waals surface area contributed by atoms with Gasteiger partial charge >= 0.3 is 0 Å². The number of ether oxygens (including phenoxy) is 2. The molecule has 3 nitrogen and oxygen atoms in total. The lowest BCUT2D eigenvalue weighted by Gasteiger charge is -2.20. The SMILES string of the molecule is CNC(C)c1c(F)cccc1OC(C)COC. The van der Waals surface area contributed by atoms with E-state index in [0.29, 0.717) is 17.9 Å². The molecule has 0 aliphatic carbocycles. The molecule has 17 heavy (non-hydrogen) atoms. The molecule has 0 amide bonds. The zero-order chi connectivity index (χ0) is 12.8. The molecular formula is C13H20FNO2. The van der Waals surface area contributed by atoms with Crippen molar-refractivity contribution in [3.63, 3.8) is 0 Å². The van der Waals surface area contributed by atoms with E-state index in [-0.39, 0.29) is 18.0 Å². The maximum absolute atomic E-state index is 13.8. The first-order valence-corrected chi connectivity index (χ1v) is 5.71. The highest BCUT2D eigenvalue weighted by Crippen LogP contribution is 2.28. The predicted molar refractivity (Wildman–Crippen MR) is 65.8 cm³/mol. The van der Waals surface area contributed by atoms with Crippen LogP contribution in [0, 0.1) is 5.82 Å². The predicted octanol–water partition coefficient (Wildman–Crippen LogP) is 2.52. The summed E-state index contributed by atoms with van der Waals surface area (Å²) in [7, 11) is 3.40. The summed E-state index contributed by atoms with van der Waals surface area (Å²) in [5, 5.41) is 3.02. The third kappa shape index (κ3) is 3.68. The lowest BCUT2D eigenvalue weighted by atomic mass is 10.1. The molecule has 0 radical (unpaired) electrons. The van der Waals surface area contributed by atoms with Gasteiger partial charge in [-0.05, 0) is 33.0 Å². The second-order valence-corrected chi connectivity index (χ2v) is 4.05. The number of benzene rings is 1. The van der Waals surface area contributed by atoms with Crippen molar-refractivity contribution in [2.75, 3.05) is 20.8 Å². The van der Waals surface area contributed by atoms with Gasteiger partial charge in [0.05, 0.1) is 6.61 Å². The molecule has 0 aromatic heterocycles. The fraction of sp³-hybridized carbons (Fsp3) is 0.538. The Morgan fingerprint density at radius 2 is 2.06 bits per heavy atom. The van der Waals surface area contributed by atoms with Crippen LogP contribution in [0.15, 0.2) is 18.2 Å². The molecular weight excluding hydrogens is 221 g/mol. The molecule has 0 bridgehead atoms. The number of halogens is 1. The lowest BCUT2D eigenvalue weighted by Crippen LogP contribution is -2.21. The van der Waals surface area contributed by atoms with E-state index in [1.165, 1.54) is 6.07 Å². The summed E-state index contributed by atoms with van der Waals surface area (Å²) >= 11 is 0. The van der Waals surface area contributed by atoms with Crippen molar-refractivity contribution >= 4 is 0 Å². The first-order chi connectivity index (χ1) is 8.10. The van der Waals surface area contributed by atoms with Crippen LogP contribution >= 0.6 is 0 Å². The van der Waals surface area contributed by atoms with Crippen molar-refractivity contribution in [2.24, 2.45) is 0 Å². The molecule has 1 rings (SSSR count). The average Bonchev–Trinajstić information content (AvgIpc) is 2.28. The summed E-state index contributed by atoms with van der Waals surface area (Å²) in [6.07, 6.45) is -0.107. The van der Waals surface area contributed by atoms with Gasteiger partial charge in [0.15, 0.2) is 0 Å². The van der Waals surface area contributed by atoms with Gasteiger partial charge in [0.1, 0.15) is 17.7 Å². The average molecular weight is 241 g/mol. The maximum atomic E-state index is 13.8. The second kappa shape index (κ2) is 6.57. The van der Waals surface area contributed by atoms with Crippen LogP contribution in [-0.4, -0.2) is 26.9 Å². The highest BCUT2D eigenvalue weighted by molar-refractivity contribution is 5.37. The van der Waals surface area contributed by atoms with Gasteiger partial charge in [0.2, 0.25) is 0 Å². The van der Waals surface area contributed by atoms with E-state index in [1.807, 2.05) is 13.8 Å². The highest BCUT2D eigenvalue weighted by Gasteiger charge is 2.16. The van der Waals surface area contributed by atoms with Crippen LogP contribution in [0.3, 0.4) is 0 Å². The molecule has 1 aromatic rings. The fourth-order valence-electron chi connectivity index (χ4n) is 1.67. The Morgan fingerprint density at radius 1 is 1.35 bits per heavy atom. The number of methoxy groups -OCH3 is 1. The summed E-state index contributed by atoms with van der Waals surface area (Å²) < 4.78 is 24.5. The molecule has 0 fully saturated rings. The lowest BCUT2D eigenvalue weighted by molar-refractivity contribution is 0.0907. The van der Waals surface area contributed by atoms with E-state index in [4.69, 9.17) is 9.47 Å². The van der Waals surface area contributed by atoms with Crippen LogP contribution in [0.4, 0.5) is 4.39 Å². The smallest absolute Gasteiger partial charge is 0.131 e. The standard InChI is InChI=1S/C13H20FNO2/c1-9(8-16-4)17-12-7-5-6-11(14)13(12)10(2)15-3/h5-7,9-10,15H,8H2,1-4H3. The van der Waals surface area contributed by atoms with E-state index in [2.05, 4.69) is 5.32 Å². The molecule has 2 unspecified atom stereocenters. The van der Waals surface area contributed by atoms with Gasteiger partial charge in [0, 0.05) is 18.7 Å². The first-order valence-electron chi connectivity index (χ1n) is 5.71. The Kier molecular flexibility index (Phi) is 5.38. The van der Waals surface area contributed by atoms with Crippen molar-refractivity contribution < 1.29 is 13.9 Å². The third-order valence-corrected chi connectivity index (χ3v) is 2.61. The monoisotopic (exact) mass is 241 g/mol. The summed E-state index contributed by atoms with van der Waals surface area (Å²) in [5.41, 5.74) is 0.554. The quantitative estimate of drug-likeness (QED) is 0.830. The van der Waals surface area contributed by atoms with Gasteiger partial charge in [0.25, 0.3) is 0 Å². The Morgan fingerprint density at radius 3 is 2.65 bits per heavy atom. The van der Waals surface area contributed by atoms with Gasteiger partial charge in [-0.1, -0.05) is 6.07 Å². The van der Waals surface area contributed by atoms with Crippen molar-refractivity contribution in [1.82, 2.24) is 5.32 Å². The maximum Gasteiger partial charge on any atom is 0.131 e. The molecule has 1 N–H and O–H groups in total. The molecule has 2 atom stereocenters. The van der Waals surface area contributed by atoms with Gasteiger partial charge < -0.3 is 14.8 Å². The summed E-state index contributed by atoms with van der Waals surface area (Å²) in [6.45, 7) is 4.26. The van der Waals surface area contributed by atoms with Crippen LogP contribution < -0.4 is 10.1 Å². The molecule has 96 valence electrons. The number of hydrogen-bond donors (Lipinski definition) is 1. The summed E-state index contributed by atoms with van der Waals surface area (Å²) in [5.74, 6) is 0.311. The van der Waals surface area contributed by atoms with Crippen molar-refractivity contribution in [1.29, 1.82) is 0 Å². The van der Waals surface area contributed by atoms with Crippen LogP contribution in [0.25, 0.3) is 0 Å². The third-order valence-electron chi connectivity index (χ3n) is 2.61. The van der Waals surface area contributed by atoms with E-state index < -0.39 is 0 Å². The minimum Gasteiger partial charge on any atom is -0.488 e. The Bertz CT molecular complexity index is 357. The first kappa shape index (κ1) is 13.9. The van der Waals surface area contributed by atoms with Crippen LogP contribution in [0.2, 0.25) is 0 Å². The van der Waals surface area contributed by atoms with Crippen molar-refractivity contribution in [3.05, 3.63) is 29.6 Å². The van der Waals surface area contributed by atoms with Crippen molar-refractivity contribution in [3.8, 4) is 5.75 Å². The van der Waals surface area contributed by atoms with Crippen LogP contribution in [-0.2, 0) is 4.74 Å². The summed E-state index contributed by atoms with van der Waals surface area (Å²) in [4.78, 5) is 0. The minimum absolute atomic E-state index is 0.0963. The van der Waals surface area contributed by atoms with Crippen LogP contribution in [0.5, 0.6) is 5.75 Å². The van der Waals surface area contributed by atoms with Gasteiger partial charge in [-0.25, -0.2) is 4.39 Å². The van der Waals surface area contributed by atoms with E-state index in [1.54, 1.807) is 26.3 Å². The molecule has 0 saturated carbocycles. The Balaban J connectivity index is 2.94. The molecule has 1 aromatic carbocycles. The van der Waals surface area contributed by atoms with Crippen molar-refractivity contribution in [2.45, 2.75) is 26.0 Å². The van der Waals surface area contributed by atoms with E-state index >= 15 is 0 Å². The molecule has 0 saturated heterocycles. The van der Waals surface area contributed by atoms with E-state index in [0.717, 1.165) is 0 Å². The number of rotatable bonds is 6. The molecule has 0 spiro atoms. The Hall–Kier alpha value is -1.13. The zero-order valence-electron chi connectivity index (χ0n) is 10.8. The molecule has 4 heteroatoms. The molecule has 0 aliphatic rings. The fourth-order valence-corrected chi connectivity index (χ4v) is 1.67. The largest absolute Gasteiger partial charge is 0.488 e. The number of nitrogens with one attached hydrogen (secondary N) is 1. The van der Waals surface area contributed by atoms with E-state index in [9.17, 15) is 4.39 Å².